The van der Waals surface area contributed by atoms with Gasteiger partial charge in [0.1, 0.15) is 0 Å². The number of nitrogens with one attached hydrogen (secondary N) is 2. The number of ether oxygens (including phenoxy) is 1. The molecule has 7 nitrogen and oxygen atoms in total. The van der Waals surface area contributed by atoms with Crippen LogP contribution in [0.1, 0.15) is 20.8 Å². The van der Waals surface area contributed by atoms with E-state index >= 15 is 0 Å². The molecule has 1 atom stereocenters. The largest absolute Gasteiger partial charge is 0.465 e. The molecule has 36 heavy (non-hydrogen) atoms. The van der Waals surface area contributed by atoms with Crippen molar-refractivity contribution in [2.24, 2.45) is 5.73 Å². The summed E-state index contributed by atoms with van der Waals surface area (Å²) < 4.78 is 44.3. The highest BCUT2D eigenvalue weighted by molar-refractivity contribution is 7.16. The molecule has 4 N–H and O–H groups in total. The van der Waals surface area contributed by atoms with Crippen LogP contribution >= 0.6 is 22.9 Å². The van der Waals surface area contributed by atoms with Gasteiger partial charge in [-0.25, -0.2) is 4.98 Å². The van der Waals surface area contributed by atoms with Gasteiger partial charge in [0.05, 0.1) is 11.3 Å². The summed E-state index contributed by atoms with van der Waals surface area (Å²) in [5, 5.41) is 5.99. The Morgan fingerprint density at radius 2 is 1.89 bits per heavy atom. The van der Waals surface area contributed by atoms with Crippen molar-refractivity contribution in [3.63, 3.8) is 0 Å². The third kappa shape index (κ3) is 5.86. The van der Waals surface area contributed by atoms with Crippen molar-refractivity contribution in [1.82, 2.24) is 4.98 Å². The predicted molar refractivity (Wildman–Crippen MR) is 131 cm³/mol. The molecule has 4 rings (SSSR count). The number of aryl methyl sites for hydroxylation is 1. The second-order valence-electron chi connectivity index (χ2n) is 7.67. The van der Waals surface area contributed by atoms with Crippen LogP contribution in [0.15, 0.2) is 71.6 Å². The van der Waals surface area contributed by atoms with E-state index in [4.69, 9.17) is 22.1 Å². The fraction of sp³-hybridized carbons (Fsp3) is 0.125. The Kier molecular flexibility index (Phi) is 7.04. The average Bonchev–Trinajstić information content (AvgIpc) is 3.18. The van der Waals surface area contributed by atoms with Gasteiger partial charge < -0.3 is 15.8 Å². The molecule has 0 radical (unpaired) electrons. The standard InChI is InChI=1S/C24H18ClF3N4O3S/c1-12-20(14-3-2-4-15(9-14)24(26,27)28)31-23(36-12)32-22(34)13-5-7-16(8-6-13)30-17-10-18(21(29)33)35-19(25)11-17/h2-11,18,30H,1H3,(H2,29,33)(H,31,32,34). The lowest BCUT2D eigenvalue weighted by atomic mass is 10.1. The second-order valence-corrected chi connectivity index (χ2v) is 9.25. The van der Waals surface area contributed by atoms with Gasteiger partial charge in [0, 0.05) is 33.5 Å². The summed E-state index contributed by atoms with van der Waals surface area (Å²) in [7, 11) is 0. The number of alkyl halides is 3. The van der Waals surface area contributed by atoms with Gasteiger partial charge in [-0.2, -0.15) is 13.2 Å². The van der Waals surface area contributed by atoms with Crippen LogP contribution in [0.25, 0.3) is 11.3 Å². The molecule has 1 aromatic heterocycles. The Morgan fingerprint density at radius 3 is 2.56 bits per heavy atom. The van der Waals surface area contributed by atoms with E-state index in [1.807, 2.05) is 0 Å². The van der Waals surface area contributed by atoms with Crippen LogP contribution in [0, 0.1) is 6.92 Å². The third-order valence-electron chi connectivity index (χ3n) is 5.04. The minimum atomic E-state index is -4.47. The van der Waals surface area contributed by atoms with E-state index in [9.17, 15) is 22.8 Å². The van der Waals surface area contributed by atoms with Gasteiger partial charge in [0.15, 0.2) is 16.5 Å². The summed E-state index contributed by atoms with van der Waals surface area (Å²) in [6.45, 7) is 1.72. The number of halogens is 4. The molecule has 2 heterocycles. The molecule has 12 heteroatoms. The molecule has 0 fully saturated rings. The fourth-order valence-electron chi connectivity index (χ4n) is 3.34. The molecular weight excluding hydrogens is 517 g/mol. The number of aromatic nitrogens is 1. The Morgan fingerprint density at radius 1 is 1.17 bits per heavy atom. The Hall–Kier alpha value is -3.83. The SMILES string of the molecule is Cc1sc(NC(=O)c2ccc(NC3=CC(C(N)=O)OC(Cl)=C3)cc2)nc1-c1cccc(C(F)(F)F)c1. The first-order valence-electron chi connectivity index (χ1n) is 10.4. The molecule has 1 aliphatic rings. The van der Waals surface area contributed by atoms with Gasteiger partial charge in [-0.3, -0.25) is 14.9 Å². The first kappa shape index (κ1) is 25.3. The maximum Gasteiger partial charge on any atom is 0.416 e. The van der Waals surface area contributed by atoms with Crippen LogP contribution in [0.2, 0.25) is 0 Å². The first-order valence-corrected chi connectivity index (χ1v) is 11.6. The summed E-state index contributed by atoms with van der Waals surface area (Å²) >= 11 is 7.04. The van der Waals surface area contributed by atoms with Crippen molar-refractivity contribution >= 4 is 45.6 Å². The highest BCUT2D eigenvalue weighted by Gasteiger charge is 2.30. The number of thiazole rings is 1. The van der Waals surface area contributed by atoms with E-state index < -0.39 is 29.7 Å². The first-order chi connectivity index (χ1) is 17.0. The van der Waals surface area contributed by atoms with E-state index in [2.05, 4.69) is 15.6 Å². The highest BCUT2D eigenvalue weighted by Crippen LogP contribution is 2.35. The van der Waals surface area contributed by atoms with Crippen molar-refractivity contribution in [2.75, 3.05) is 10.6 Å². The quantitative estimate of drug-likeness (QED) is 0.379. The van der Waals surface area contributed by atoms with E-state index in [0.717, 1.165) is 23.5 Å². The van der Waals surface area contributed by atoms with E-state index in [0.29, 0.717) is 33.1 Å². The van der Waals surface area contributed by atoms with Gasteiger partial charge in [-0.15, -0.1) is 11.3 Å². The number of anilines is 2. The Balaban J connectivity index is 1.45. The van der Waals surface area contributed by atoms with Gasteiger partial charge in [-0.1, -0.05) is 12.1 Å². The maximum absolute atomic E-state index is 13.1. The molecule has 0 saturated carbocycles. The average molecular weight is 535 g/mol. The Labute approximate surface area is 212 Å². The molecule has 1 aliphatic heterocycles. The van der Waals surface area contributed by atoms with Gasteiger partial charge >= 0.3 is 6.18 Å². The summed E-state index contributed by atoms with van der Waals surface area (Å²) in [5.41, 5.74) is 6.59. The zero-order chi connectivity index (χ0) is 26.0. The number of hydrogen-bond acceptors (Lipinski definition) is 6. The van der Waals surface area contributed by atoms with Crippen molar-refractivity contribution in [3.8, 4) is 11.3 Å². The highest BCUT2D eigenvalue weighted by atomic mass is 35.5. The summed E-state index contributed by atoms with van der Waals surface area (Å²) in [6, 6.07) is 11.3. The van der Waals surface area contributed by atoms with E-state index in [1.165, 1.54) is 24.3 Å². The topological polar surface area (TPSA) is 106 Å². The predicted octanol–water partition coefficient (Wildman–Crippen LogP) is 5.65. The number of primary amides is 1. The van der Waals surface area contributed by atoms with Crippen LogP contribution in [0.4, 0.5) is 24.0 Å². The van der Waals surface area contributed by atoms with E-state index in [-0.39, 0.29) is 10.3 Å². The third-order valence-corrected chi connectivity index (χ3v) is 6.12. The molecule has 2 aromatic carbocycles. The number of amides is 2. The monoisotopic (exact) mass is 534 g/mol. The van der Waals surface area contributed by atoms with Crippen molar-refractivity contribution in [3.05, 3.63) is 87.6 Å². The van der Waals surface area contributed by atoms with Gasteiger partial charge in [0.2, 0.25) is 0 Å². The lowest BCUT2D eigenvalue weighted by Crippen LogP contribution is -2.31. The van der Waals surface area contributed by atoms with Gasteiger partial charge in [0.25, 0.3) is 11.8 Å². The number of benzene rings is 2. The van der Waals surface area contributed by atoms with Crippen LogP contribution in [-0.2, 0) is 15.7 Å². The second kappa shape index (κ2) is 10.0. The normalized spacial score (nSPS) is 15.4. The number of nitrogens with two attached hydrogens (primary N) is 1. The molecule has 186 valence electrons. The van der Waals surface area contributed by atoms with Crippen LogP contribution < -0.4 is 16.4 Å². The van der Waals surface area contributed by atoms with Crippen LogP contribution in [0.5, 0.6) is 0 Å². The lowest BCUT2D eigenvalue weighted by Gasteiger charge is -2.19. The zero-order valence-electron chi connectivity index (χ0n) is 18.5. The van der Waals surface area contributed by atoms with E-state index in [1.54, 1.807) is 31.2 Å². The van der Waals surface area contributed by atoms with Crippen LogP contribution in [-0.4, -0.2) is 22.9 Å². The van der Waals surface area contributed by atoms with Gasteiger partial charge in [-0.05, 0) is 61.0 Å². The summed E-state index contributed by atoms with van der Waals surface area (Å²) in [4.78, 5) is 29.1. The minimum Gasteiger partial charge on any atom is -0.465 e. The molecule has 0 spiro atoms. The number of nitrogens with zero attached hydrogens (tertiary/aromatic N) is 1. The maximum atomic E-state index is 13.1. The molecule has 1 unspecified atom stereocenters. The number of carbonyl (C=O) groups excluding carboxylic acids is 2. The summed E-state index contributed by atoms with van der Waals surface area (Å²) in [6.07, 6.45) is -2.51. The minimum absolute atomic E-state index is 0.00282. The number of hydrogen-bond donors (Lipinski definition) is 3. The molecular formula is C24H18ClF3N4O3S. The molecule has 0 saturated heterocycles. The van der Waals surface area contributed by atoms with Crippen molar-refractivity contribution < 1.29 is 27.5 Å². The smallest absolute Gasteiger partial charge is 0.416 e. The lowest BCUT2D eigenvalue weighted by molar-refractivity contribution is -0.137. The molecule has 3 aromatic rings. The van der Waals surface area contributed by atoms with Crippen LogP contribution in [0.3, 0.4) is 0 Å². The van der Waals surface area contributed by atoms with Crippen molar-refractivity contribution in [1.29, 1.82) is 0 Å². The number of rotatable bonds is 6. The number of carbonyl (C=O) groups is 2. The molecule has 2 amide bonds. The zero-order valence-corrected chi connectivity index (χ0v) is 20.1. The molecule has 0 aliphatic carbocycles. The van der Waals surface area contributed by atoms with Crippen molar-refractivity contribution in [2.45, 2.75) is 19.2 Å². The fourth-order valence-corrected chi connectivity index (χ4v) is 4.39. The molecule has 0 bridgehead atoms. The Bertz CT molecular complexity index is 1380. The summed E-state index contributed by atoms with van der Waals surface area (Å²) in [5.74, 6) is -1.13. The number of allylic oxidation sites excluding steroid dienone is 1.